The van der Waals surface area contributed by atoms with Gasteiger partial charge >= 0.3 is 5.97 Å². The summed E-state index contributed by atoms with van der Waals surface area (Å²) in [4.78, 5) is 10.5. The van der Waals surface area contributed by atoms with Crippen LogP contribution in [0, 0.1) is 0 Å². The fourth-order valence-corrected chi connectivity index (χ4v) is 1.42. The van der Waals surface area contributed by atoms with Crippen molar-refractivity contribution in [3.8, 4) is 0 Å². The molecule has 0 aliphatic carbocycles. The van der Waals surface area contributed by atoms with Crippen LogP contribution in [0.3, 0.4) is 0 Å². The maximum absolute atomic E-state index is 10.5. The summed E-state index contributed by atoms with van der Waals surface area (Å²) in [6.07, 6.45) is 0. The second-order valence-corrected chi connectivity index (χ2v) is 4.67. The highest BCUT2D eigenvalue weighted by atomic mass is 32.2. The molecule has 0 bridgehead atoms. The number of carboxylic acid groups (broad SMARTS) is 1. The lowest BCUT2D eigenvalue weighted by Crippen LogP contribution is -2.14. The lowest BCUT2D eigenvalue weighted by molar-refractivity contribution is 0.0697. The van der Waals surface area contributed by atoms with Crippen molar-refractivity contribution in [2.45, 2.75) is 0 Å². The van der Waals surface area contributed by atoms with E-state index in [9.17, 15) is 13.2 Å². The number of carbonyl (C=O) groups is 1. The van der Waals surface area contributed by atoms with Crippen LogP contribution in [0.4, 0.5) is 5.69 Å². The van der Waals surface area contributed by atoms with Crippen LogP contribution in [0.1, 0.15) is 10.4 Å². The third kappa shape index (κ3) is 4.28. The Kier molecular flexibility index (Phi) is 3.86. The van der Waals surface area contributed by atoms with Gasteiger partial charge in [-0.1, -0.05) is 0 Å². The summed E-state index contributed by atoms with van der Waals surface area (Å²) in [5, 5.41) is 11.4. The van der Waals surface area contributed by atoms with Crippen molar-refractivity contribution >= 4 is 21.8 Å². The molecule has 6 nitrogen and oxygen atoms in total. The molecule has 0 heterocycles. The van der Waals surface area contributed by atoms with E-state index in [0.29, 0.717) is 5.69 Å². The summed E-state index contributed by atoms with van der Waals surface area (Å²) in [5.74, 6) is -1.42. The third-order valence-electron chi connectivity index (χ3n) is 1.82. The molecule has 0 fully saturated rings. The molecule has 0 radical (unpaired) electrons. The lowest BCUT2D eigenvalue weighted by Gasteiger charge is -2.04. The fraction of sp³-hybridized carbons (Fsp3) is 0.222. The van der Waals surface area contributed by atoms with Gasteiger partial charge in [-0.3, -0.25) is 4.55 Å². The summed E-state index contributed by atoms with van der Waals surface area (Å²) in [6.45, 7) is 0.0608. The second kappa shape index (κ2) is 4.95. The minimum Gasteiger partial charge on any atom is -0.478 e. The van der Waals surface area contributed by atoms with E-state index >= 15 is 0 Å². The Morgan fingerprint density at radius 1 is 1.25 bits per heavy atom. The van der Waals surface area contributed by atoms with Crippen molar-refractivity contribution in [1.82, 2.24) is 0 Å². The Morgan fingerprint density at radius 3 is 2.25 bits per heavy atom. The molecule has 0 saturated carbocycles. The largest absolute Gasteiger partial charge is 0.478 e. The third-order valence-corrected chi connectivity index (χ3v) is 2.54. The summed E-state index contributed by atoms with van der Waals surface area (Å²) in [6, 6.07) is 5.84. The summed E-state index contributed by atoms with van der Waals surface area (Å²) < 4.78 is 29.3. The standard InChI is InChI=1S/C9H11NO5S/c11-9(12)7-1-3-8(4-2-7)10-5-6-16(13,14)15/h1-4,10H,5-6H2,(H,11,12)(H,13,14,15). The zero-order valence-electron chi connectivity index (χ0n) is 8.25. The Labute approximate surface area is 92.7 Å². The zero-order valence-corrected chi connectivity index (χ0v) is 9.07. The Morgan fingerprint density at radius 2 is 1.81 bits per heavy atom. The van der Waals surface area contributed by atoms with Crippen LogP contribution in [0.5, 0.6) is 0 Å². The van der Waals surface area contributed by atoms with E-state index in [-0.39, 0.29) is 12.1 Å². The molecular formula is C9H11NO5S. The number of rotatable bonds is 5. The first-order valence-electron chi connectivity index (χ1n) is 4.41. The quantitative estimate of drug-likeness (QED) is 0.659. The van der Waals surface area contributed by atoms with Gasteiger partial charge in [-0.05, 0) is 24.3 Å². The number of benzene rings is 1. The zero-order chi connectivity index (χ0) is 12.2. The minimum absolute atomic E-state index is 0.0608. The Bertz CT molecular complexity index is 465. The molecule has 7 heteroatoms. The minimum atomic E-state index is -3.97. The summed E-state index contributed by atoms with van der Waals surface area (Å²) >= 11 is 0. The Balaban J connectivity index is 2.53. The average molecular weight is 245 g/mol. The molecule has 0 amide bonds. The van der Waals surface area contributed by atoms with Gasteiger partial charge in [0.2, 0.25) is 0 Å². The maximum atomic E-state index is 10.5. The maximum Gasteiger partial charge on any atom is 0.335 e. The van der Waals surface area contributed by atoms with Crippen LogP contribution in [0.25, 0.3) is 0 Å². The lowest BCUT2D eigenvalue weighted by atomic mass is 10.2. The van der Waals surface area contributed by atoms with Gasteiger partial charge in [-0.2, -0.15) is 8.42 Å². The van der Waals surface area contributed by atoms with E-state index in [1.807, 2.05) is 0 Å². The van der Waals surface area contributed by atoms with Gasteiger partial charge in [0.1, 0.15) is 0 Å². The number of nitrogens with one attached hydrogen (secondary N) is 1. The van der Waals surface area contributed by atoms with E-state index in [2.05, 4.69) is 5.32 Å². The molecule has 0 aliphatic rings. The number of hydrogen-bond acceptors (Lipinski definition) is 4. The van der Waals surface area contributed by atoms with Crippen molar-refractivity contribution in [2.75, 3.05) is 17.6 Å². The molecule has 3 N–H and O–H groups in total. The molecule has 1 aromatic carbocycles. The Hall–Kier alpha value is -1.60. The predicted molar refractivity (Wildman–Crippen MR) is 58.3 cm³/mol. The molecule has 0 aromatic heterocycles. The second-order valence-electron chi connectivity index (χ2n) is 3.10. The van der Waals surface area contributed by atoms with Crippen LogP contribution in [0.2, 0.25) is 0 Å². The fourth-order valence-electron chi connectivity index (χ4n) is 1.06. The highest BCUT2D eigenvalue weighted by Gasteiger charge is 2.04. The molecule has 0 spiro atoms. The van der Waals surface area contributed by atoms with Crippen LogP contribution in [-0.2, 0) is 10.1 Å². The molecule has 16 heavy (non-hydrogen) atoms. The van der Waals surface area contributed by atoms with Gasteiger partial charge < -0.3 is 10.4 Å². The predicted octanol–water partition coefficient (Wildman–Crippen LogP) is 0.684. The topological polar surface area (TPSA) is 104 Å². The van der Waals surface area contributed by atoms with Crippen LogP contribution < -0.4 is 5.32 Å². The average Bonchev–Trinajstić information content (AvgIpc) is 2.16. The van der Waals surface area contributed by atoms with E-state index in [1.165, 1.54) is 24.3 Å². The van der Waals surface area contributed by atoms with E-state index in [1.54, 1.807) is 0 Å². The first-order chi connectivity index (χ1) is 7.38. The molecular weight excluding hydrogens is 234 g/mol. The smallest absolute Gasteiger partial charge is 0.335 e. The first-order valence-corrected chi connectivity index (χ1v) is 6.02. The number of aromatic carboxylic acids is 1. The molecule has 0 aliphatic heterocycles. The summed E-state index contributed by atoms with van der Waals surface area (Å²) in [5.41, 5.74) is 0.744. The van der Waals surface area contributed by atoms with Gasteiger partial charge in [-0.25, -0.2) is 4.79 Å². The first kappa shape index (κ1) is 12.5. The molecule has 0 saturated heterocycles. The highest BCUT2D eigenvalue weighted by Crippen LogP contribution is 2.09. The SMILES string of the molecule is O=C(O)c1ccc(NCCS(=O)(=O)O)cc1. The molecule has 88 valence electrons. The van der Waals surface area contributed by atoms with Crippen molar-refractivity contribution in [3.05, 3.63) is 29.8 Å². The van der Waals surface area contributed by atoms with Crippen molar-refractivity contribution in [2.24, 2.45) is 0 Å². The van der Waals surface area contributed by atoms with Gasteiger partial charge in [-0.15, -0.1) is 0 Å². The monoisotopic (exact) mass is 245 g/mol. The number of hydrogen-bond donors (Lipinski definition) is 3. The molecule has 1 aromatic rings. The molecule has 1 rings (SSSR count). The number of anilines is 1. The van der Waals surface area contributed by atoms with Crippen molar-refractivity contribution < 1.29 is 22.9 Å². The van der Waals surface area contributed by atoms with Crippen molar-refractivity contribution in [1.29, 1.82) is 0 Å². The normalized spacial score (nSPS) is 11.1. The molecule has 0 atom stereocenters. The van der Waals surface area contributed by atoms with Crippen molar-refractivity contribution in [3.63, 3.8) is 0 Å². The molecule has 0 unspecified atom stereocenters. The van der Waals surface area contributed by atoms with Gasteiger partial charge in [0.05, 0.1) is 11.3 Å². The number of carboxylic acids is 1. The van der Waals surface area contributed by atoms with Gasteiger partial charge in [0.25, 0.3) is 10.1 Å². The van der Waals surface area contributed by atoms with Gasteiger partial charge in [0, 0.05) is 12.2 Å². The van der Waals surface area contributed by atoms with Crippen LogP contribution in [0.15, 0.2) is 24.3 Å². The van der Waals surface area contributed by atoms with E-state index in [0.717, 1.165) is 0 Å². The highest BCUT2D eigenvalue weighted by molar-refractivity contribution is 7.85. The summed E-state index contributed by atoms with van der Waals surface area (Å²) in [7, 11) is -3.97. The van der Waals surface area contributed by atoms with Gasteiger partial charge in [0.15, 0.2) is 0 Å². The van der Waals surface area contributed by atoms with Crippen LogP contribution >= 0.6 is 0 Å². The van der Waals surface area contributed by atoms with Crippen LogP contribution in [-0.4, -0.2) is 36.3 Å². The van der Waals surface area contributed by atoms with E-state index in [4.69, 9.17) is 9.66 Å². The van der Waals surface area contributed by atoms with E-state index < -0.39 is 21.8 Å².